The van der Waals surface area contributed by atoms with Crippen LogP contribution in [-0.4, -0.2) is 59.6 Å². The predicted octanol–water partition coefficient (Wildman–Crippen LogP) is 0.319. The molecule has 2 atom stereocenters. The molecule has 1 aliphatic heterocycles. The van der Waals surface area contributed by atoms with Gasteiger partial charge in [-0.1, -0.05) is 0 Å². The van der Waals surface area contributed by atoms with Crippen LogP contribution in [0.4, 0.5) is 9.18 Å². The van der Waals surface area contributed by atoms with E-state index in [1.165, 1.54) is 4.90 Å². The number of hydrogen-bond donors (Lipinski definition) is 2. The SMILES string of the molecule is CN1CCN(C(F)NC(=O)O)C(Cl)C1. The number of nitrogens with one attached hydrogen (secondary N) is 1. The van der Waals surface area contributed by atoms with Gasteiger partial charge in [-0.15, -0.1) is 11.6 Å². The van der Waals surface area contributed by atoms with E-state index < -0.39 is 18.0 Å². The van der Waals surface area contributed by atoms with E-state index >= 15 is 0 Å². The maximum atomic E-state index is 13.2. The van der Waals surface area contributed by atoms with E-state index in [4.69, 9.17) is 16.7 Å². The fourth-order valence-electron chi connectivity index (χ4n) is 1.32. The number of carbonyl (C=O) groups is 1. The molecule has 1 amide bonds. The van der Waals surface area contributed by atoms with Crippen molar-refractivity contribution in [1.82, 2.24) is 15.1 Å². The number of alkyl halides is 2. The lowest BCUT2D eigenvalue weighted by Crippen LogP contribution is -2.56. The first-order valence-corrected chi connectivity index (χ1v) is 4.66. The van der Waals surface area contributed by atoms with Crippen molar-refractivity contribution in [2.24, 2.45) is 0 Å². The summed E-state index contributed by atoms with van der Waals surface area (Å²) in [5.41, 5.74) is -0.504. The molecule has 1 rings (SSSR count). The molecule has 0 aromatic rings. The van der Waals surface area contributed by atoms with E-state index in [0.29, 0.717) is 19.6 Å². The molecular formula is C7H13ClFN3O2. The van der Waals surface area contributed by atoms with Crippen LogP contribution in [0.3, 0.4) is 0 Å². The van der Waals surface area contributed by atoms with Gasteiger partial charge in [0.2, 0.25) is 6.42 Å². The zero-order chi connectivity index (χ0) is 10.7. The van der Waals surface area contributed by atoms with Crippen LogP contribution >= 0.6 is 11.6 Å². The standard InChI is InChI=1S/C7H13ClFN3O2/c1-11-2-3-12(5(8)4-11)6(9)10-7(13)14/h5-6,10H,2-4H2,1H3,(H,13,14). The summed E-state index contributed by atoms with van der Waals surface area (Å²) in [4.78, 5) is 13.4. The fraction of sp³-hybridized carbons (Fsp3) is 0.857. The lowest BCUT2D eigenvalue weighted by atomic mass is 10.3. The van der Waals surface area contributed by atoms with Crippen LogP contribution in [0, 0.1) is 0 Å². The van der Waals surface area contributed by atoms with Gasteiger partial charge in [-0.05, 0) is 7.05 Å². The normalized spacial score (nSPS) is 27.2. The van der Waals surface area contributed by atoms with Gasteiger partial charge in [-0.3, -0.25) is 5.32 Å². The van der Waals surface area contributed by atoms with Crippen molar-refractivity contribution < 1.29 is 14.3 Å². The second-order valence-electron chi connectivity index (χ2n) is 3.22. The van der Waals surface area contributed by atoms with Gasteiger partial charge < -0.3 is 10.0 Å². The summed E-state index contributed by atoms with van der Waals surface area (Å²) >= 11 is 5.87. The van der Waals surface area contributed by atoms with E-state index in [1.807, 2.05) is 11.9 Å². The summed E-state index contributed by atoms with van der Waals surface area (Å²) in [6.07, 6.45) is -3.12. The van der Waals surface area contributed by atoms with E-state index in [1.54, 1.807) is 5.32 Å². The Morgan fingerprint density at radius 2 is 2.36 bits per heavy atom. The van der Waals surface area contributed by atoms with Crippen LogP contribution < -0.4 is 5.32 Å². The molecule has 1 fully saturated rings. The number of likely N-dealkylation sites (N-methyl/N-ethyl adjacent to an activating group) is 1. The van der Waals surface area contributed by atoms with Gasteiger partial charge in [-0.25, -0.2) is 14.1 Å². The number of rotatable bonds is 2. The van der Waals surface area contributed by atoms with Crippen LogP contribution in [0.1, 0.15) is 0 Å². The molecule has 1 saturated heterocycles. The first-order valence-electron chi connectivity index (χ1n) is 4.22. The van der Waals surface area contributed by atoms with Crippen molar-refractivity contribution in [2.45, 2.75) is 11.9 Å². The van der Waals surface area contributed by atoms with Gasteiger partial charge in [0.25, 0.3) is 0 Å². The number of nitrogens with zero attached hydrogens (tertiary/aromatic N) is 2. The Hall–Kier alpha value is -0.590. The summed E-state index contributed by atoms with van der Waals surface area (Å²) in [6.45, 7) is 1.60. The van der Waals surface area contributed by atoms with Crippen LogP contribution in [0.25, 0.3) is 0 Å². The molecule has 0 aromatic carbocycles. The molecule has 0 saturated carbocycles. The first kappa shape index (κ1) is 11.5. The molecule has 1 aliphatic rings. The smallest absolute Gasteiger partial charge is 0.407 e. The second-order valence-corrected chi connectivity index (χ2v) is 3.72. The number of carboxylic acid groups (broad SMARTS) is 1. The molecule has 5 nitrogen and oxygen atoms in total. The van der Waals surface area contributed by atoms with Crippen molar-refractivity contribution in [3.8, 4) is 0 Å². The molecule has 0 spiro atoms. The highest BCUT2D eigenvalue weighted by molar-refractivity contribution is 6.20. The Morgan fingerprint density at radius 3 is 2.86 bits per heavy atom. The third kappa shape index (κ3) is 2.97. The molecular weight excluding hydrogens is 213 g/mol. The molecule has 82 valence electrons. The van der Waals surface area contributed by atoms with Gasteiger partial charge in [0.1, 0.15) is 5.50 Å². The third-order valence-corrected chi connectivity index (χ3v) is 2.48. The van der Waals surface area contributed by atoms with Gasteiger partial charge in [-0.2, -0.15) is 0 Å². The van der Waals surface area contributed by atoms with Gasteiger partial charge in [0.15, 0.2) is 0 Å². The molecule has 2 N–H and O–H groups in total. The topological polar surface area (TPSA) is 55.8 Å². The average molecular weight is 226 g/mol. The Morgan fingerprint density at radius 1 is 1.71 bits per heavy atom. The lowest BCUT2D eigenvalue weighted by Gasteiger charge is -2.37. The van der Waals surface area contributed by atoms with E-state index in [-0.39, 0.29) is 0 Å². The zero-order valence-electron chi connectivity index (χ0n) is 7.78. The van der Waals surface area contributed by atoms with Gasteiger partial charge >= 0.3 is 6.09 Å². The van der Waals surface area contributed by atoms with Crippen molar-refractivity contribution in [3.63, 3.8) is 0 Å². The molecule has 14 heavy (non-hydrogen) atoms. The Bertz CT molecular complexity index is 219. The van der Waals surface area contributed by atoms with Crippen LogP contribution in [0.15, 0.2) is 0 Å². The van der Waals surface area contributed by atoms with Crippen molar-refractivity contribution >= 4 is 17.7 Å². The average Bonchev–Trinajstić information content (AvgIpc) is 2.01. The Balaban J connectivity index is 2.46. The number of piperazine rings is 1. The molecule has 0 aromatic heterocycles. The minimum absolute atomic E-state index is 0.409. The number of amides is 1. The first-order chi connectivity index (χ1) is 6.50. The molecule has 1 heterocycles. The summed E-state index contributed by atoms with van der Waals surface area (Å²) in [5.74, 6) is 0. The highest BCUT2D eigenvalue weighted by atomic mass is 35.5. The lowest BCUT2D eigenvalue weighted by molar-refractivity contribution is 0.00588. The minimum atomic E-state index is -1.73. The van der Waals surface area contributed by atoms with E-state index in [0.717, 1.165) is 0 Å². The Kier molecular flexibility index (Phi) is 3.91. The monoisotopic (exact) mass is 225 g/mol. The van der Waals surface area contributed by atoms with Crippen LogP contribution in [0.5, 0.6) is 0 Å². The zero-order valence-corrected chi connectivity index (χ0v) is 8.54. The third-order valence-electron chi connectivity index (χ3n) is 2.10. The summed E-state index contributed by atoms with van der Waals surface area (Å²) in [6, 6.07) is 0. The van der Waals surface area contributed by atoms with Gasteiger partial charge in [0, 0.05) is 19.6 Å². The van der Waals surface area contributed by atoms with Crippen molar-refractivity contribution in [1.29, 1.82) is 0 Å². The molecule has 2 unspecified atom stereocenters. The number of halogens is 2. The highest BCUT2D eigenvalue weighted by Crippen LogP contribution is 2.14. The Labute approximate surface area is 86.4 Å². The van der Waals surface area contributed by atoms with E-state index in [9.17, 15) is 9.18 Å². The summed E-state index contributed by atoms with van der Waals surface area (Å²) < 4.78 is 13.2. The minimum Gasteiger partial charge on any atom is -0.465 e. The molecule has 7 heteroatoms. The highest BCUT2D eigenvalue weighted by Gasteiger charge is 2.30. The van der Waals surface area contributed by atoms with Crippen LogP contribution in [-0.2, 0) is 0 Å². The number of hydrogen-bond acceptors (Lipinski definition) is 3. The largest absolute Gasteiger partial charge is 0.465 e. The second kappa shape index (κ2) is 4.77. The molecule has 0 radical (unpaired) electrons. The maximum absolute atomic E-state index is 13.2. The van der Waals surface area contributed by atoms with Crippen molar-refractivity contribution in [2.75, 3.05) is 26.7 Å². The quantitative estimate of drug-likeness (QED) is 0.525. The van der Waals surface area contributed by atoms with Crippen LogP contribution in [0.2, 0.25) is 0 Å². The van der Waals surface area contributed by atoms with Crippen molar-refractivity contribution in [3.05, 3.63) is 0 Å². The summed E-state index contributed by atoms with van der Waals surface area (Å²) in [7, 11) is 1.88. The predicted molar refractivity (Wildman–Crippen MR) is 49.9 cm³/mol. The van der Waals surface area contributed by atoms with E-state index in [2.05, 4.69) is 0 Å². The molecule has 0 bridgehead atoms. The molecule has 0 aliphatic carbocycles. The fourth-order valence-corrected chi connectivity index (χ4v) is 1.75. The summed E-state index contributed by atoms with van der Waals surface area (Å²) in [5, 5.41) is 10.1. The maximum Gasteiger partial charge on any atom is 0.407 e. The van der Waals surface area contributed by atoms with Gasteiger partial charge in [0.05, 0.1) is 0 Å².